The second-order valence-electron chi connectivity index (χ2n) is 6.96. The zero-order valence-corrected chi connectivity index (χ0v) is 14.6. The summed E-state index contributed by atoms with van der Waals surface area (Å²) in [4.78, 5) is 13.3. The normalized spacial score (nSPS) is 26.3. The lowest BCUT2D eigenvalue weighted by molar-refractivity contribution is -0.118. The van der Waals surface area contributed by atoms with Crippen molar-refractivity contribution in [2.24, 2.45) is 11.3 Å². The van der Waals surface area contributed by atoms with Crippen molar-refractivity contribution in [1.29, 1.82) is 5.26 Å². The summed E-state index contributed by atoms with van der Waals surface area (Å²) < 4.78 is 0. The summed E-state index contributed by atoms with van der Waals surface area (Å²) in [6.45, 7) is 4.15. The van der Waals surface area contributed by atoms with Crippen LogP contribution in [0.25, 0.3) is 0 Å². The van der Waals surface area contributed by atoms with E-state index in [-0.39, 0.29) is 17.1 Å². The SMILES string of the molecule is CC1(C)CC(=O)C2=C(C1)NC(=S)[C@H](C#N)[C@H]2c1ccc(Cl)cc1. The van der Waals surface area contributed by atoms with Gasteiger partial charge in [0.05, 0.1) is 11.1 Å². The monoisotopic (exact) mass is 344 g/mol. The number of thiocarbonyl (C=S) groups is 1. The van der Waals surface area contributed by atoms with Gasteiger partial charge in [0, 0.05) is 28.6 Å². The number of nitrogens with one attached hydrogen (secondary N) is 1. The van der Waals surface area contributed by atoms with Crippen molar-refractivity contribution in [2.75, 3.05) is 0 Å². The van der Waals surface area contributed by atoms with Crippen LogP contribution in [0.3, 0.4) is 0 Å². The van der Waals surface area contributed by atoms with Gasteiger partial charge in [-0.25, -0.2) is 0 Å². The van der Waals surface area contributed by atoms with E-state index < -0.39 is 5.92 Å². The van der Waals surface area contributed by atoms with Crippen molar-refractivity contribution in [3.63, 3.8) is 0 Å². The van der Waals surface area contributed by atoms with E-state index in [1.54, 1.807) is 12.1 Å². The molecule has 118 valence electrons. The molecule has 0 amide bonds. The summed E-state index contributed by atoms with van der Waals surface area (Å²) in [5, 5.41) is 13.4. The molecule has 0 saturated carbocycles. The lowest BCUT2D eigenvalue weighted by atomic mass is 9.67. The third kappa shape index (κ3) is 2.91. The van der Waals surface area contributed by atoms with Gasteiger partial charge in [-0.2, -0.15) is 5.26 Å². The molecular weight excluding hydrogens is 328 g/mol. The maximum Gasteiger partial charge on any atom is 0.161 e. The number of benzene rings is 1. The van der Waals surface area contributed by atoms with E-state index in [4.69, 9.17) is 23.8 Å². The predicted molar refractivity (Wildman–Crippen MR) is 94.1 cm³/mol. The maximum atomic E-state index is 12.8. The molecule has 1 aliphatic carbocycles. The molecule has 0 radical (unpaired) electrons. The molecule has 0 aromatic heterocycles. The third-order valence-corrected chi connectivity index (χ3v) is 5.10. The lowest BCUT2D eigenvalue weighted by Crippen LogP contribution is -2.44. The van der Waals surface area contributed by atoms with Crippen LogP contribution in [-0.4, -0.2) is 10.8 Å². The molecule has 0 spiro atoms. The van der Waals surface area contributed by atoms with Crippen LogP contribution in [0.4, 0.5) is 0 Å². The van der Waals surface area contributed by atoms with E-state index in [2.05, 4.69) is 25.2 Å². The van der Waals surface area contributed by atoms with Crippen LogP contribution in [0.15, 0.2) is 35.5 Å². The molecule has 2 aliphatic rings. The zero-order chi connectivity index (χ0) is 16.8. The van der Waals surface area contributed by atoms with Crippen molar-refractivity contribution in [1.82, 2.24) is 5.32 Å². The fraction of sp³-hybridized carbons (Fsp3) is 0.389. The molecular formula is C18H17ClN2OS. The highest BCUT2D eigenvalue weighted by atomic mass is 35.5. The molecule has 1 heterocycles. The number of Topliss-reactive ketones (excluding diaryl/α,β-unsaturated/α-hetero) is 1. The van der Waals surface area contributed by atoms with Crippen LogP contribution in [-0.2, 0) is 4.79 Å². The number of ketones is 1. The number of nitrogens with zero attached hydrogens (tertiary/aromatic N) is 1. The molecule has 3 nitrogen and oxygen atoms in total. The summed E-state index contributed by atoms with van der Waals surface area (Å²) in [5.41, 5.74) is 2.41. The standard InChI is InChI=1S/C18H17ClN2OS/c1-18(2)7-13-16(14(22)8-18)15(12(9-20)17(23)21-13)10-3-5-11(19)6-4-10/h3-6,12,15H,7-8H2,1-2H3,(H,21,23)/t12-,15-/m1/s1. The number of carbonyl (C=O) groups is 1. The Labute approximate surface area is 146 Å². The molecule has 1 N–H and O–H groups in total. The number of halogens is 1. The van der Waals surface area contributed by atoms with Gasteiger partial charge in [0.15, 0.2) is 5.78 Å². The fourth-order valence-corrected chi connectivity index (χ4v) is 3.95. The van der Waals surface area contributed by atoms with Crippen LogP contribution in [0.2, 0.25) is 5.02 Å². The first-order valence-corrected chi connectivity index (χ1v) is 8.33. The summed E-state index contributed by atoms with van der Waals surface area (Å²) >= 11 is 11.4. The molecule has 23 heavy (non-hydrogen) atoms. The molecule has 3 rings (SSSR count). The van der Waals surface area contributed by atoms with Crippen LogP contribution in [0.5, 0.6) is 0 Å². The van der Waals surface area contributed by atoms with E-state index in [1.807, 2.05) is 12.1 Å². The van der Waals surface area contributed by atoms with Crippen LogP contribution in [0.1, 0.15) is 38.2 Å². The first-order valence-electron chi connectivity index (χ1n) is 7.54. The Morgan fingerprint density at radius 3 is 2.57 bits per heavy atom. The van der Waals surface area contributed by atoms with Crippen molar-refractivity contribution in [2.45, 2.75) is 32.6 Å². The number of nitriles is 1. The minimum absolute atomic E-state index is 0.0947. The Morgan fingerprint density at radius 2 is 1.96 bits per heavy atom. The number of allylic oxidation sites excluding steroid dienone is 2. The van der Waals surface area contributed by atoms with E-state index in [0.29, 0.717) is 22.0 Å². The van der Waals surface area contributed by atoms with Crippen molar-refractivity contribution in [3.05, 3.63) is 46.1 Å². The Bertz CT molecular complexity index is 758. The summed E-state index contributed by atoms with van der Waals surface area (Å²) in [7, 11) is 0. The van der Waals surface area contributed by atoms with Gasteiger partial charge in [-0.1, -0.05) is 49.8 Å². The van der Waals surface area contributed by atoms with Gasteiger partial charge in [0.25, 0.3) is 0 Å². The Morgan fingerprint density at radius 1 is 1.30 bits per heavy atom. The zero-order valence-electron chi connectivity index (χ0n) is 13.0. The molecule has 0 bridgehead atoms. The highest BCUT2D eigenvalue weighted by Crippen LogP contribution is 2.46. The van der Waals surface area contributed by atoms with Crippen molar-refractivity contribution in [3.8, 4) is 6.07 Å². The second-order valence-corrected chi connectivity index (χ2v) is 7.83. The molecule has 1 aromatic rings. The average Bonchev–Trinajstić information content (AvgIpc) is 2.45. The topological polar surface area (TPSA) is 52.9 Å². The Kier molecular flexibility index (Phi) is 4.03. The Balaban J connectivity index is 2.16. The van der Waals surface area contributed by atoms with E-state index in [0.717, 1.165) is 17.7 Å². The molecule has 0 unspecified atom stereocenters. The first kappa shape index (κ1) is 16.2. The second kappa shape index (κ2) is 5.74. The van der Waals surface area contributed by atoms with Gasteiger partial charge < -0.3 is 5.32 Å². The van der Waals surface area contributed by atoms with E-state index >= 15 is 0 Å². The number of carbonyl (C=O) groups excluding carboxylic acids is 1. The quantitative estimate of drug-likeness (QED) is 0.778. The fourth-order valence-electron chi connectivity index (χ4n) is 3.51. The van der Waals surface area contributed by atoms with Crippen molar-refractivity contribution < 1.29 is 4.79 Å². The van der Waals surface area contributed by atoms with E-state index in [9.17, 15) is 10.1 Å². The third-order valence-electron chi connectivity index (χ3n) is 4.49. The van der Waals surface area contributed by atoms with Crippen LogP contribution in [0, 0.1) is 22.7 Å². The van der Waals surface area contributed by atoms with Gasteiger partial charge in [-0.15, -0.1) is 0 Å². The van der Waals surface area contributed by atoms with Gasteiger partial charge in [0.1, 0.15) is 5.92 Å². The van der Waals surface area contributed by atoms with Gasteiger partial charge in [0.2, 0.25) is 0 Å². The van der Waals surface area contributed by atoms with E-state index in [1.165, 1.54) is 0 Å². The highest BCUT2D eigenvalue weighted by Gasteiger charge is 2.44. The lowest BCUT2D eigenvalue weighted by Gasteiger charge is -2.40. The van der Waals surface area contributed by atoms with Crippen molar-refractivity contribution >= 4 is 34.6 Å². The first-order chi connectivity index (χ1) is 10.8. The van der Waals surface area contributed by atoms with Gasteiger partial charge >= 0.3 is 0 Å². The number of hydrogen-bond acceptors (Lipinski definition) is 3. The van der Waals surface area contributed by atoms with Crippen LogP contribution < -0.4 is 5.32 Å². The minimum atomic E-state index is -0.532. The molecule has 1 aliphatic heterocycles. The average molecular weight is 345 g/mol. The molecule has 2 atom stereocenters. The number of hydrogen-bond donors (Lipinski definition) is 1. The minimum Gasteiger partial charge on any atom is -0.352 e. The summed E-state index contributed by atoms with van der Waals surface area (Å²) in [6.07, 6.45) is 1.25. The van der Waals surface area contributed by atoms with Gasteiger partial charge in [-0.05, 0) is 29.5 Å². The van der Waals surface area contributed by atoms with Crippen LogP contribution >= 0.6 is 23.8 Å². The largest absolute Gasteiger partial charge is 0.352 e. The summed E-state index contributed by atoms with van der Waals surface area (Å²) in [5.74, 6) is -0.744. The smallest absolute Gasteiger partial charge is 0.161 e. The number of rotatable bonds is 1. The summed E-state index contributed by atoms with van der Waals surface area (Å²) in [6, 6.07) is 9.60. The highest BCUT2D eigenvalue weighted by molar-refractivity contribution is 7.80. The predicted octanol–water partition coefficient (Wildman–Crippen LogP) is 4.14. The van der Waals surface area contributed by atoms with Gasteiger partial charge in [-0.3, -0.25) is 4.79 Å². The molecule has 5 heteroatoms. The molecule has 1 aromatic carbocycles. The maximum absolute atomic E-state index is 12.8. The molecule has 0 saturated heterocycles. The Hall–Kier alpha value is -1.70. The molecule has 0 fully saturated rings.